The predicted octanol–water partition coefficient (Wildman–Crippen LogP) is 3.48. The molecule has 1 amide bonds. The third-order valence-electron chi connectivity index (χ3n) is 3.25. The minimum absolute atomic E-state index is 0.250. The van der Waals surface area contributed by atoms with Crippen molar-refractivity contribution in [2.45, 2.75) is 6.92 Å². The van der Waals surface area contributed by atoms with Crippen molar-refractivity contribution in [3.05, 3.63) is 71.3 Å². The second kappa shape index (κ2) is 5.99. The summed E-state index contributed by atoms with van der Waals surface area (Å²) in [5, 5.41) is 7.43. The van der Waals surface area contributed by atoms with E-state index >= 15 is 0 Å². The standard InChI is InChI=1S/C16H13ClN4O/c1-11-14(10-19-21(11)13-5-3-2-4-6-13)20-16(22)12-7-8-18-15(17)9-12/h2-10H,1H3,(H,20,22). The molecule has 0 aliphatic carbocycles. The van der Waals surface area contributed by atoms with Crippen molar-refractivity contribution in [1.82, 2.24) is 14.8 Å². The zero-order chi connectivity index (χ0) is 15.5. The first-order valence-electron chi connectivity index (χ1n) is 6.68. The van der Waals surface area contributed by atoms with E-state index in [1.807, 2.05) is 37.3 Å². The molecule has 0 spiro atoms. The average Bonchev–Trinajstić information content (AvgIpc) is 2.89. The Bertz CT molecular complexity index is 814. The second-order valence-electron chi connectivity index (χ2n) is 4.71. The Balaban J connectivity index is 1.85. The number of amides is 1. The van der Waals surface area contributed by atoms with Gasteiger partial charge in [0.15, 0.2) is 0 Å². The molecule has 1 N–H and O–H groups in total. The maximum absolute atomic E-state index is 12.2. The van der Waals surface area contributed by atoms with Gasteiger partial charge in [-0.3, -0.25) is 4.79 Å². The Morgan fingerprint density at radius 3 is 2.73 bits per heavy atom. The van der Waals surface area contributed by atoms with Crippen LogP contribution in [-0.4, -0.2) is 20.7 Å². The van der Waals surface area contributed by atoms with Gasteiger partial charge in [0, 0.05) is 11.8 Å². The highest BCUT2D eigenvalue weighted by atomic mass is 35.5. The molecule has 0 fully saturated rings. The Morgan fingerprint density at radius 1 is 1.23 bits per heavy atom. The summed E-state index contributed by atoms with van der Waals surface area (Å²) >= 11 is 5.80. The smallest absolute Gasteiger partial charge is 0.255 e. The topological polar surface area (TPSA) is 59.8 Å². The highest BCUT2D eigenvalue weighted by Crippen LogP contribution is 2.19. The number of aromatic nitrogens is 3. The van der Waals surface area contributed by atoms with E-state index in [1.54, 1.807) is 16.9 Å². The molecule has 0 radical (unpaired) electrons. The molecule has 0 unspecified atom stereocenters. The van der Waals surface area contributed by atoms with Gasteiger partial charge in [-0.15, -0.1) is 0 Å². The van der Waals surface area contributed by atoms with Gasteiger partial charge in [-0.1, -0.05) is 29.8 Å². The number of benzene rings is 1. The Hall–Kier alpha value is -2.66. The van der Waals surface area contributed by atoms with Crippen LogP contribution in [0.1, 0.15) is 16.1 Å². The van der Waals surface area contributed by atoms with Gasteiger partial charge >= 0.3 is 0 Å². The van der Waals surface area contributed by atoms with Gasteiger partial charge in [0.1, 0.15) is 5.15 Å². The van der Waals surface area contributed by atoms with E-state index in [9.17, 15) is 4.79 Å². The summed E-state index contributed by atoms with van der Waals surface area (Å²) in [5.41, 5.74) is 2.89. The fourth-order valence-electron chi connectivity index (χ4n) is 2.10. The van der Waals surface area contributed by atoms with Crippen LogP contribution in [-0.2, 0) is 0 Å². The van der Waals surface area contributed by atoms with Crippen LogP contribution in [0.2, 0.25) is 5.15 Å². The second-order valence-corrected chi connectivity index (χ2v) is 5.10. The molecule has 0 atom stereocenters. The lowest BCUT2D eigenvalue weighted by molar-refractivity contribution is 0.102. The molecular formula is C16H13ClN4O. The number of nitrogens with one attached hydrogen (secondary N) is 1. The Kier molecular flexibility index (Phi) is 3.89. The summed E-state index contributed by atoms with van der Waals surface area (Å²) in [6, 6.07) is 12.9. The normalized spacial score (nSPS) is 10.5. The van der Waals surface area contributed by atoms with Gasteiger partial charge in [-0.05, 0) is 31.2 Å². The van der Waals surface area contributed by atoms with E-state index in [-0.39, 0.29) is 11.1 Å². The number of anilines is 1. The molecule has 6 heteroatoms. The van der Waals surface area contributed by atoms with E-state index in [0.717, 1.165) is 11.4 Å². The van der Waals surface area contributed by atoms with Crippen LogP contribution in [0.5, 0.6) is 0 Å². The lowest BCUT2D eigenvalue weighted by Gasteiger charge is -2.07. The van der Waals surface area contributed by atoms with Crippen LogP contribution < -0.4 is 5.32 Å². The van der Waals surface area contributed by atoms with Crippen molar-refractivity contribution in [2.75, 3.05) is 5.32 Å². The zero-order valence-electron chi connectivity index (χ0n) is 11.8. The quantitative estimate of drug-likeness (QED) is 0.753. The number of carbonyl (C=O) groups excluding carboxylic acids is 1. The minimum atomic E-state index is -0.250. The summed E-state index contributed by atoms with van der Waals surface area (Å²) in [6.45, 7) is 1.90. The van der Waals surface area contributed by atoms with E-state index in [0.29, 0.717) is 11.3 Å². The van der Waals surface area contributed by atoms with Crippen molar-refractivity contribution < 1.29 is 4.79 Å². The van der Waals surface area contributed by atoms with E-state index in [1.165, 1.54) is 12.3 Å². The first-order chi connectivity index (χ1) is 10.6. The van der Waals surface area contributed by atoms with Gasteiger partial charge in [-0.2, -0.15) is 5.10 Å². The molecular weight excluding hydrogens is 300 g/mol. The zero-order valence-corrected chi connectivity index (χ0v) is 12.6. The third-order valence-corrected chi connectivity index (χ3v) is 3.45. The van der Waals surface area contributed by atoms with Crippen molar-refractivity contribution in [3.63, 3.8) is 0 Å². The van der Waals surface area contributed by atoms with Crippen molar-refractivity contribution in [1.29, 1.82) is 0 Å². The van der Waals surface area contributed by atoms with Gasteiger partial charge in [-0.25, -0.2) is 9.67 Å². The van der Waals surface area contributed by atoms with Crippen molar-refractivity contribution >= 4 is 23.2 Å². The minimum Gasteiger partial charge on any atom is -0.319 e. The third kappa shape index (κ3) is 2.84. The molecule has 0 bridgehead atoms. The number of carbonyl (C=O) groups is 1. The number of hydrogen-bond acceptors (Lipinski definition) is 3. The summed E-state index contributed by atoms with van der Waals surface area (Å²) in [7, 11) is 0. The van der Waals surface area contributed by atoms with Gasteiger partial charge in [0.2, 0.25) is 0 Å². The van der Waals surface area contributed by atoms with Gasteiger partial charge in [0.25, 0.3) is 5.91 Å². The van der Waals surface area contributed by atoms with Crippen molar-refractivity contribution in [3.8, 4) is 5.69 Å². The van der Waals surface area contributed by atoms with E-state index in [4.69, 9.17) is 11.6 Å². The van der Waals surface area contributed by atoms with E-state index < -0.39 is 0 Å². The molecule has 22 heavy (non-hydrogen) atoms. The monoisotopic (exact) mass is 312 g/mol. The fourth-order valence-corrected chi connectivity index (χ4v) is 2.27. The van der Waals surface area contributed by atoms with E-state index in [2.05, 4.69) is 15.4 Å². The molecule has 2 aromatic heterocycles. The lowest BCUT2D eigenvalue weighted by atomic mass is 10.2. The number of pyridine rings is 1. The number of hydrogen-bond donors (Lipinski definition) is 1. The number of nitrogens with zero attached hydrogens (tertiary/aromatic N) is 3. The molecule has 0 aliphatic heterocycles. The van der Waals surface area contributed by atoms with Crippen LogP contribution in [0.25, 0.3) is 5.69 Å². The molecule has 0 saturated carbocycles. The van der Waals surface area contributed by atoms with Gasteiger partial charge < -0.3 is 5.32 Å². The maximum atomic E-state index is 12.2. The Morgan fingerprint density at radius 2 is 2.00 bits per heavy atom. The first-order valence-corrected chi connectivity index (χ1v) is 7.06. The van der Waals surface area contributed by atoms with Crippen LogP contribution >= 0.6 is 11.6 Å². The van der Waals surface area contributed by atoms with Crippen LogP contribution in [0.4, 0.5) is 5.69 Å². The van der Waals surface area contributed by atoms with Gasteiger partial charge in [0.05, 0.1) is 23.3 Å². The summed E-state index contributed by atoms with van der Waals surface area (Å²) in [4.78, 5) is 16.1. The predicted molar refractivity (Wildman–Crippen MR) is 85.5 cm³/mol. The Labute approximate surface area is 132 Å². The molecule has 2 heterocycles. The molecule has 3 rings (SSSR count). The van der Waals surface area contributed by atoms with Crippen LogP contribution in [0.15, 0.2) is 54.9 Å². The molecule has 3 aromatic rings. The van der Waals surface area contributed by atoms with Crippen LogP contribution in [0.3, 0.4) is 0 Å². The summed E-state index contributed by atoms with van der Waals surface area (Å²) in [6.07, 6.45) is 3.13. The fraction of sp³-hybridized carbons (Fsp3) is 0.0625. The molecule has 0 aliphatic rings. The molecule has 0 saturated heterocycles. The summed E-state index contributed by atoms with van der Waals surface area (Å²) < 4.78 is 1.77. The molecule has 110 valence electrons. The number of rotatable bonds is 3. The maximum Gasteiger partial charge on any atom is 0.255 e. The average molecular weight is 313 g/mol. The summed E-state index contributed by atoms with van der Waals surface area (Å²) in [5.74, 6) is -0.250. The number of halogens is 1. The molecule has 1 aromatic carbocycles. The number of para-hydroxylation sites is 1. The van der Waals surface area contributed by atoms with Crippen LogP contribution in [0, 0.1) is 6.92 Å². The van der Waals surface area contributed by atoms with Crippen molar-refractivity contribution in [2.24, 2.45) is 0 Å². The highest BCUT2D eigenvalue weighted by Gasteiger charge is 2.12. The first kappa shape index (κ1) is 14.3. The molecule has 5 nitrogen and oxygen atoms in total. The highest BCUT2D eigenvalue weighted by molar-refractivity contribution is 6.29. The SMILES string of the molecule is Cc1c(NC(=O)c2ccnc(Cl)c2)cnn1-c1ccccc1. The largest absolute Gasteiger partial charge is 0.319 e. The lowest BCUT2D eigenvalue weighted by Crippen LogP contribution is -2.12.